The van der Waals surface area contributed by atoms with E-state index in [-0.39, 0.29) is 5.82 Å². The van der Waals surface area contributed by atoms with Gasteiger partial charge in [0.25, 0.3) is 5.97 Å². The third-order valence-corrected chi connectivity index (χ3v) is 2.98. The number of hydrogen-bond acceptors (Lipinski definition) is 3. The lowest BCUT2D eigenvalue weighted by Gasteiger charge is -2.32. The van der Waals surface area contributed by atoms with Crippen molar-refractivity contribution in [2.45, 2.75) is 31.8 Å². The highest BCUT2D eigenvalue weighted by molar-refractivity contribution is 5.62. The first-order valence-corrected chi connectivity index (χ1v) is 6.28. The van der Waals surface area contributed by atoms with Crippen molar-refractivity contribution in [2.75, 3.05) is 13.1 Å². The molecule has 1 saturated heterocycles. The monoisotopic (exact) mass is 269 g/mol. The molecule has 0 unspecified atom stereocenters. The van der Waals surface area contributed by atoms with Gasteiger partial charge in [0, 0.05) is 13.3 Å². The maximum atomic E-state index is 12.7. The summed E-state index contributed by atoms with van der Waals surface area (Å²) < 4.78 is 12.7. The van der Waals surface area contributed by atoms with Crippen LogP contribution in [0.4, 0.5) is 4.39 Å². The molecule has 5 heteroatoms. The molecular formula is C14H20FNO3. The quantitative estimate of drug-likeness (QED) is 0.762. The van der Waals surface area contributed by atoms with E-state index < -0.39 is 11.6 Å². The molecule has 0 amide bonds. The third kappa shape index (κ3) is 6.31. The highest BCUT2D eigenvalue weighted by atomic mass is 19.1. The van der Waals surface area contributed by atoms with Gasteiger partial charge in [-0.25, -0.2) is 4.39 Å². The first-order valence-electron chi connectivity index (χ1n) is 6.28. The molecule has 0 atom stereocenters. The van der Waals surface area contributed by atoms with E-state index >= 15 is 0 Å². The minimum absolute atomic E-state index is 0.226. The van der Waals surface area contributed by atoms with E-state index in [2.05, 4.69) is 5.32 Å². The summed E-state index contributed by atoms with van der Waals surface area (Å²) in [4.78, 5) is 9.00. The number of benzene rings is 1. The molecule has 1 aliphatic rings. The molecule has 0 aliphatic carbocycles. The summed E-state index contributed by atoms with van der Waals surface area (Å²) in [5, 5.41) is 20.9. The van der Waals surface area contributed by atoms with Gasteiger partial charge in [0.1, 0.15) is 5.82 Å². The predicted molar refractivity (Wildman–Crippen MR) is 70.5 cm³/mol. The van der Waals surface area contributed by atoms with Crippen LogP contribution in [0.3, 0.4) is 0 Å². The lowest BCUT2D eigenvalue weighted by molar-refractivity contribution is -0.134. The van der Waals surface area contributed by atoms with Gasteiger partial charge in [-0.2, -0.15) is 0 Å². The Morgan fingerprint density at radius 3 is 2.26 bits per heavy atom. The van der Waals surface area contributed by atoms with E-state index in [1.165, 1.54) is 12.1 Å². The number of piperidine rings is 1. The molecule has 106 valence electrons. The standard InChI is InChI=1S/C12H16FNO.C2H4O2/c13-11-3-1-10(2-4-11)9-12(15)5-7-14-8-6-12;1-2(3)4/h1-4,14-15H,5-9H2;1H3,(H,3,4). The normalized spacial score (nSPS) is 17.2. The topological polar surface area (TPSA) is 69.6 Å². The fraction of sp³-hybridized carbons (Fsp3) is 0.500. The first kappa shape index (κ1) is 15.6. The SMILES string of the molecule is CC(=O)O.OC1(Cc2ccc(F)cc2)CCNCC1. The van der Waals surface area contributed by atoms with Gasteiger partial charge in [0.15, 0.2) is 0 Å². The van der Waals surface area contributed by atoms with Crippen LogP contribution in [0.5, 0.6) is 0 Å². The number of nitrogens with one attached hydrogen (secondary N) is 1. The highest BCUT2D eigenvalue weighted by Gasteiger charge is 2.28. The Balaban J connectivity index is 0.000000399. The van der Waals surface area contributed by atoms with Crippen molar-refractivity contribution in [3.63, 3.8) is 0 Å². The zero-order valence-electron chi connectivity index (χ0n) is 11.0. The highest BCUT2D eigenvalue weighted by Crippen LogP contribution is 2.23. The Morgan fingerprint density at radius 1 is 1.32 bits per heavy atom. The first-order chi connectivity index (χ1) is 8.91. The van der Waals surface area contributed by atoms with Gasteiger partial charge < -0.3 is 15.5 Å². The summed E-state index contributed by atoms with van der Waals surface area (Å²) in [5.74, 6) is -1.06. The van der Waals surface area contributed by atoms with Crippen LogP contribution in [-0.2, 0) is 11.2 Å². The van der Waals surface area contributed by atoms with Gasteiger partial charge in [-0.3, -0.25) is 4.79 Å². The van der Waals surface area contributed by atoms with Crippen LogP contribution in [0.1, 0.15) is 25.3 Å². The van der Waals surface area contributed by atoms with Gasteiger partial charge in [0.05, 0.1) is 5.60 Å². The van der Waals surface area contributed by atoms with Crippen molar-refractivity contribution >= 4 is 5.97 Å². The van der Waals surface area contributed by atoms with Crippen LogP contribution in [0.15, 0.2) is 24.3 Å². The molecule has 1 aliphatic heterocycles. The largest absolute Gasteiger partial charge is 0.481 e. The smallest absolute Gasteiger partial charge is 0.300 e. The molecule has 1 heterocycles. The van der Waals surface area contributed by atoms with Crippen LogP contribution in [0, 0.1) is 5.82 Å². The van der Waals surface area contributed by atoms with Crippen molar-refractivity contribution in [1.29, 1.82) is 0 Å². The Kier molecular flexibility index (Phi) is 5.92. The molecule has 0 spiro atoms. The lowest BCUT2D eigenvalue weighted by atomic mass is 9.86. The molecular weight excluding hydrogens is 249 g/mol. The van der Waals surface area contributed by atoms with E-state index in [0.29, 0.717) is 6.42 Å². The van der Waals surface area contributed by atoms with Gasteiger partial charge in [-0.05, 0) is 43.6 Å². The van der Waals surface area contributed by atoms with Gasteiger partial charge in [-0.15, -0.1) is 0 Å². The number of carboxylic acid groups (broad SMARTS) is 1. The van der Waals surface area contributed by atoms with E-state index in [4.69, 9.17) is 9.90 Å². The average Bonchev–Trinajstić information content (AvgIpc) is 2.32. The molecule has 0 saturated carbocycles. The second-order valence-electron chi connectivity index (χ2n) is 4.80. The van der Waals surface area contributed by atoms with E-state index in [0.717, 1.165) is 38.4 Å². The van der Waals surface area contributed by atoms with Gasteiger partial charge >= 0.3 is 0 Å². The van der Waals surface area contributed by atoms with Crippen molar-refractivity contribution in [3.8, 4) is 0 Å². The summed E-state index contributed by atoms with van der Waals surface area (Å²) in [5.41, 5.74) is 0.393. The Labute approximate surface area is 112 Å². The average molecular weight is 269 g/mol. The molecule has 4 nitrogen and oxygen atoms in total. The van der Waals surface area contributed by atoms with Crippen LogP contribution < -0.4 is 5.32 Å². The summed E-state index contributed by atoms with van der Waals surface area (Å²) in [7, 11) is 0. The number of carboxylic acids is 1. The molecule has 2 rings (SSSR count). The second kappa shape index (κ2) is 7.21. The molecule has 1 fully saturated rings. The number of aliphatic carboxylic acids is 1. The number of aliphatic hydroxyl groups is 1. The number of halogens is 1. The summed E-state index contributed by atoms with van der Waals surface area (Å²) in [6.07, 6.45) is 2.16. The summed E-state index contributed by atoms with van der Waals surface area (Å²) >= 11 is 0. The maximum Gasteiger partial charge on any atom is 0.300 e. The molecule has 19 heavy (non-hydrogen) atoms. The zero-order chi connectivity index (χ0) is 14.3. The number of hydrogen-bond donors (Lipinski definition) is 3. The molecule has 1 aromatic rings. The van der Waals surface area contributed by atoms with Crippen LogP contribution in [0.2, 0.25) is 0 Å². The third-order valence-electron chi connectivity index (χ3n) is 2.98. The van der Waals surface area contributed by atoms with Crippen LogP contribution in [-0.4, -0.2) is 34.9 Å². The maximum absolute atomic E-state index is 12.7. The van der Waals surface area contributed by atoms with Crippen molar-refractivity contribution < 1.29 is 19.4 Å². The van der Waals surface area contributed by atoms with Crippen molar-refractivity contribution in [1.82, 2.24) is 5.32 Å². The lowest BCUT2D eigenvalue weighted by Crippen LogP contribution is -2.43. The fourth-order valence-electron chi connectivity index (χ4n) is 2.05. The molecule has 0 radical (unpaired) electrons. The second-order valence-corrected chi connectivity index (χ2v) is 4.80. The number of rotatable bonds is 2. The molecule has 0 aromatic heterocycles. The Hall–Kier alpha value is -1.46. The Morgan fingerprint density at radius 2 is 1.79 bits per heavy atom. The Bertz CT molecular complexity index is 396. The van der Waals surface area contributed by atoms with Gasteiger partial charge in [-0.1, -0.05) is 12.1 Å². The van der Waals surface area contributed by atoms with Crippen molar-refractivity contribution in [2.24, 2.45) is 0 Å². The van der Waals surface area contributed by atoms with E-state index in [9.17, 15) is 9.50 Å². The predicted octanol–water partition coefficient (Wildman–Crippen LogP) is 1.57. The van der Waals surface area contributed by atoms with E-state index in [1.54, 1.807) is 12.1 Å². The molecule has 1 aromatic carbocycles. The zero-order valence-corrected chi connectivity index (χ0v) is 11.0. The van der Waals surface area contributed by atoms with E-state index in [1.807, 2.05) is 0 Å². The number of carbonyl (C=O) groups is 1. The fourth-order valence-corrected chi connectivity index (χ4v) is 2.05. The molecule has 3 N–H and O–H groups in total. The van der Waals surface area contributed by atoms with Crippen LogP contribution in [0.25, 0.3) is 0 Å². The van der Waals surface area contributed by atoms with Crippen LogP contribution >= 0.6 is 0 Å². The minimum atomic E-state index is -0.833. The van der Waals surface area contributed by atoms with Crippen molar-refractivity contribution in [3.05, 3.63) is 35.6 Å². The van der Waals surface area contributed by atoms with Gasteiger partial charge in [0.2, 0.25) is 0 Å². The summed E-state index contributed by atoms with van der Waals surface area (Å²) in [6.45, 7) is 2.80. The molecule has 0 bridgehead atoms. The minimum Gasteiger partial charge on any atom is -0.481 e. The summed E-state index contributed by atoms with van der Waals surface area (Å²) in [6, 6.07) is 6.38.